The van der Waals surface area contributed by atoms with Crippen molar-refractivity contribution >= 4 is 28.5 Å². The van der Waals surface area contributed by atoms with Crippen molar-refractivity contribution in [2.45, 2.75) is 19.3 Å². The third-order valence-corrected chi connectivity index (χ3v) is 4.74. The minimum atomic E-state index is -0.309. The van der Waals surface area contributed by atoms with Gasteiger partial charge < -0.3 is 9.47 Å². The van der Waals surface area contributed by atoms with Crippen molar-refractivity contribution in [2.24, 2.45) is 0 Å². The Morgan fingerprint density at radius 1 is 1.08 bits per heavy atom. The van der Waals surface area contributed by atoms with Gasteiger partial charge in [0.2, 0.25) is 0 Å². The molecule has 1 aliphatic rings. The van der Waals surface area contributed by atoms with Crippen molar-refractivity contribution in [3.8, 4) is 5.75 Å². The molecule has 132 valence electrons. The van der Waals surface area contributed by atoms with E-state index in [2.05, 4.69) is 0 Å². The lowest BCUT2D eigenvalue weighted by Gasteiger charge is -2.12. The molecule has 0 aliphatic heterocycles. The lowest BCUT2D eigenvalue weighted by Crippen LogP contribution is -2.15. The molecular formula is C21H18ClNO3. The molecule has 5 heteroatoms. The van der Waals surface area contributed by atoms with Gasteiger partial charge in [-0.25, -0.2) is 4.79 Å². The predicted octanol–water partition coefficient (Wildman–Crippen LogP) is 4.61. The van der Waals surface area contributed by atoms with Crippen molar-refractivity contribution in [1.82, 2.24) is 4.98 Å². The highest BCUT2D eigenvalue weighted by molar-refractivity contribution is 6.30. The van der Waals surface area contributed by atoms with Gasteiger partial charge in [-0.1, -0.05) is 35.9 Å². The van der Waals surface area contributed by atoms with E-state index in [1.807, 2.05) is 36.4 Å². The van der Waals surface area contributed by atoms with Gasteiger partial charge in [0, 0.05) is 16.1 Å². The molecule has 1 aliphatic carbocycles. The molecule has 0 saturated carbocycles. The maximum atomic E-state index is 12.8. The highest BCUT2D eigenvalue weighted by Gasteiger charge is 2.24. The van der Waals surface area contributed by atoms with Crippen LogP contribution in [0.15, 0.2) is 48.5 Å². The molecule has 1 aromatic heterocycles. The number of rotatable bonds is 5. The van der Waals surface area contributed by atoms with Crippen LogP contribution >= 0.6 is 11.6 Å². The minimum absolute atomic E-state index is 0.177. The lowest BCUT2D eigenvalue weighted by molar-refractivity contribution is 0.0451. The van der Waals surface area contributed by atoms with E-state index < -0.39 is 0 Å². The number of para-hydroxylation sites is 1. The van der Waals surface area contributed by atoms with Gasteiger partial charge in [0.15, 0.2) is 0 Å². The monoisotopic (exact) mass is 367 g/mol. The molecule has 0 unspecified atom stereocenters. The molecule has 0 spiro atoms. The van der Waals surface area contributed by atoms with Crippen LogP contribution in [-0.4, -0.2) is 24.2 Å². The van der Waals surface area contributed by atoms with Crippen LogP contribution in [-0.2, 0) is 17.6 Å². The first-order valence-corrected chi connectivity index (χ1v) is 9.06. The van der Waals surface area contributed by atoms with E-state index in [0.717, 1.165) is 41.4 Å². The molecule has 26 heavy (non-hydrogen) atoms. The topological polar surface area (TPSA) is 48.4 Å². The average Bonchev–Trinajstić information content (AvgIpc) is 3.11. The van der Waals surface area contributed by atoms with Crippen LogP contribution in [0.3, 0.4) is 0 Å². The Hall–Kier alpha value is -2.59. The number of benzene rings is 2. The summed E-state index contributed by atoms with van der Waals surface area (Å²) >= 11 is 5.93. The first-order valence-electron chi connectivity index (χ1n) is 8.68. The summed E-state index contributed by atoms with van der Waals surface area (Å²) in [6, 6.07) is 14.9. The van der Waals surface area contributed by atoms with Gasteiger partial charge in [0.05, 0.1) is 11.1 Å². The number of ether oxygens (including phenoxy) is 2. The lowest BCUT2D eigenvalue weighted by atomic mass is 10.0. The fourth-order valence-electron chi connectivity index (χ4n) is 3.37. The molecule has 4 rings (SSSR count). The molecule has 0 fully saturated rings. The van der Waals surface area contributed by atoms with Crippen LogP contribution < -0.4 is 4.74 Å². The maximum Gasteiger partial charge on any atom is 0.339 e. The average molecular weight is 368 g/mol. The number of hydrogen-bond acceptors (Lipinski definition) is 4. The van der Waals surface area contributed by atoms with Gasteiger partial charge in [0.1, 0.15) is 19.0 Å². The molecule has 0 N–H and O–H groups in total. The summed E-state index contributed by atoms with van der Waals surface area (Å²) in [5.74, 6) is 0.347. The number of halogens is 1. The van der Waals surface area contributed by atoms with Crippen molar-refractivity contribution in [2.75, 3.05) is 13.2 Å². The number of hydrogen-bond donors (Lipinski definition) is 0. The summed E-state index contributed by atoms with van der Waals surface area (Å²) in [7, 11) is 0. The van der Waals surface area contributed by atoms with Gasteiger partial charge in [-0.05, 0) is 49.1 Å². The zero-order chi connectivity index (χ0) is 17.9. The van der Waals surface area contributed by atoms with E-state index in [1.165, 1.54) is 0 Å². The molecule has 0 saturated heterocycles. The van der Waals surface area contributed by atoms with E-state index in [0.29, 0.717) is 16.3 Å². The number of nitrogens with zero attached hydrogens (tertiary/aromatic N) is 1. The van der Waals surface area contributed by atoms with Crippen LogP contribution in [0.5, 0.6) is 5.75 Å². The van der Waals surface area contributed by atoms with Gasteiger partial charge in [-0.2, -0.15) is 0 Å². The van der Waals surface area contributed by atoms with Crippen LogP contribution in [0.1, 0.15) is 28.0 Å². The Morgan fingerprint density at radius 2 is 1.96 bits per heavy atom. The summed E-state index contributed by atoms with van der Waals surface area (Å²) in [5.41, 5.74) is 3.55. The van der Waals surface area contributed by atoms with Crippen molar-refractivity contribution in [3.63, 3.8) is 0 Å². The smallest absolute Gasteiger partial charge is 0.339 e. The van der Waals surface area contributed by atoms with E-state index in [-0.39, 0.29) is 19.2 Å². The number of carbonyl (C=O) groups excluding carboxylic acids is 1. The van der Waals surface area contributed by atoms with Gasteiger partial charge in [-0.3, -0.25) is 4.98 Å². The number of esters is 1. The van der Waals surface area contributed by atoms with Gasteiger partial charge in [-0.15, -0.1) is 0 Å². The Kier molecular flexibility index (Phi) is 4.76. The van der Waals surface area contributed by atoms with Crippen molar-refractivity contribution in [3.05, 3.63) is 70.4 Å². The third-order valence-electron chi connectivity index (χ3n) is 4.50. The molecule has 0 atom stereocenters. The Balaban J connectivity index is 1.48. The van der Waals surface area contributed by atoms with Crippen LogP contribution in [0.2, 0.25) is 5.02 Å². The van der Waals surface area contributed by atoms with Crippen LogP contribution in [0, 0.1) is 0 Å². The quantitative estimate of drug-likeness (QED) is 0.488. The van der Waals surface area contributed by atoms with E-state index in [9.17, 15) is 4.79 Å². The fraction of sp³-hybridized carbons (Fsp3) is 0.238. The van der Waals surface area contributed by atoms with Gasteiger partial charge in [0.25, 0.3) is 0 Å². The van der Waals surface area contributed by atoms with E-state index in [4.69, 9.17) is 26.1 Å². The first-order chi connectivity index (χ1) is 12.7. The molecular weight excluding hydrogens is 350 g/mol. The predicted molar refractivity (Wildman–Crippen MR) is 101 cm³/mol. The van der Waals surface area contributed by atoms with Gasteiger partial charge >= 0.3 is 5.97 Å². The number of aromatic nitrogens is 1. The van der Waals surface area contributed by atoms with E-state index >= 15 is 0 Å². The molecule has 0 amide bonds. The molecule has 1 heterocycles. The Morgan fingerprint density at radius 3 is 2.85 bits per heavy atom. The first kappa shape index (κ1) is 16.9. The number of aryl methyl sites for hydroxylation is 1. The summed E-state index contributed by atoms with van der Waals surface area (Å²) in [4.78, 5) is 17.5. The second-order valence-electron chi connectivity index (χ2n) is 6.22. The molecule has 2 aromatic carbocycles. The second kappa shape index (κ2) is 7.34. The Labute approximate surface area is 156 Å². The minimum Gasteiger partial charge on any atom is -0.490 e. The maximum absolute atomic E-state index is 12.8. The molecule has 0 bridgehead atoms. The summed E-state index contributed by atoms with van der Waals surface area (Å²) in [6.45, 7) is 0.452. The van der Waals surface area contributed by atoms with Crippen molar-refractivity contribution < 1.29 is 14.3 Å². The number of carbonyl (C=O) groups is 1. The largest absolute Gasteiger partial charge is 0.490 e. The third kappa shape index (κ3) is 3.37. The summed E-state index contributed by atoms with van der Waals surface area (Å²) < 4.78 is 11.1. The zero-order valence-electron chi connectivity index (χ0n) is 14.2. The van der Waals surface area contributed by atoms with E-state index in [1.54, 1.807) is 12.1 Å². The Bertz CT molecular complexity index is 971. The zero-order valence-corrected chi connectivity index (χ0v) is 15.0. The van der Waals surface area contributed by atoms with Crippen LogP contribution in [0.25, 0.3) is 10.9 Å². The normalized spacial score (nSPS) is 12.8. The number of fused-ring (bicyclic) bond motifs is 2. The fourth-order valence-corrected chi connectivity index (χ4v) is 3.55. The number of pyridine rings is 1. The highest BCUT2D eigenvalue weighted by atomic mass is 35.5. The summed E-state index contributed by atoms with van der Waals surface area (Å²) in [5, 5.41) is 1.47. The SMILES string of the molecule is O=C(OCCOc1cccc(Cl)c1)c1c2c(nc3ccccc13)CCC2. The summed E-state index contributed by atoms with van der Waals surface area (Å²) in [6.07, 6.45) is 2.81. The van der Waals surface area contributed by atoms with Crippen molar-refractivity contribution in [1.29, 1.82) is 0 Å². The second-order valence-corrected chi connectivity index (χ2v) is 6.66. The molecule has 0 radical (unpaired) electrons. The standard InChI is InChI=1S/C21H18ClNO3/c22-14-5-3-6-15(13-14)25-11-12-26-21(24)20-16-7-1-2-9-18(16)23-19-10-4-8-17(19)20/h1-3,5-7,9,13H,4,8,10-12H2. The molecule has 4 nitrogen and oxygen atoms in total. The molecule has 3 aromatic rings. The van der Waals surface area contributed by atoms with Crippen LogP contribution in [0.4, 0.5) is 0 Å². The highest BCUT2D eigenvalue weighted by Crippen LogP contribution is 2.30.